The fraction of sp³-hybridized carbons (Fsp3) is 0.300. The van der Waals surface area contributed by atoms with Crippen molar-refractivity contribution >= 4 is 46.8 Å². The summed E-state index contributed by atoms with van der Waals surface area (Å²) < 4.78 is 34.1. The molecule has 2 N–H and O–H groups in total. The summed E-state index contributed by atoms with van der Waals surface area (Å²) in [5.41, 5.74) is 6.38. The third-order valence-corrected chi connectivity index (χ3v) is 11.6. The molecule has 9 nitrogen and oxygen atoms in total. The molecule has 0 saturated carbocycles. The first kappa shape index (κ1) is 33.9. The molecule has 266 valence electrons. The summed E-state index contributed by atoms with van der Waals surface area (Å²) in [7, 11) is 1.92. The topological polar surface area (TPSA) is 103 Å². The molecule has 52 heavy (non-hydrogen) atoms. The maximum Gasteiger partial charge on any atom is 0.259 e. The van der Waals surface area contributed by atoms with Crippen molar-refractivity contribution in [2.75, 3.05) is 55.0 Å². The second-order valence-corrected chi connectivity index (χ2v) is 14.9. The minimum absolute atomic E-state index is 0.195. The van der Waals surface area contributed by atoms with Gasteiger partial charge in [-0.1, -0.05) is 6.08 Å². The molecular formula is C40H38F2N6O3S. The number of benzene rings is 2. The van der Waals surface area contributed by atoms with E-state index in [9.17, 15) is 18.4 Å². The van der Waals surface area contributed by atoms with Crippen LogP contribution in [0.3, 0.4) is 0 Å². The highest BCUT2D eigenvalue weighted by Gasteiger charge is 2.45. The number of amides is 1. The maximum atomic E-state index is 14.7. The zero-order chi connectivity index (χ0) is 35.8. The van der Waals surface area contributed by atoms with Gasteiger partial charge in [0, 0.05) is 79.0 Å². The van der Waals surface area contributed by atoms with Crippen molar-refractivity contribution in [1.29, 1.82) is 0 Å². The highest BCUT2D eigenvalue weighted by molar-refractivity contribution is 7.19. The van der Waals surface area contributed by atoms with Crippen molar-refractivity contribution in [3.05, 3.63) is 107 Å². The number of aromatic amines is 1. The molecule has 0 radical (unpaired) electrons. The molecule has 0 bridgehead atoms. The molecule has 1 spiro atoms. The van der Waals surface area contributed by atoms with Crippen LogP contribution in [0.2, 0.25) is 0 Å². The molecule has 4 aliphatic rings. The van der Waals surface area contributed by atoms with E-state index in [1.807, 2.05) is 18.0 Å². The number of aldehydes is 1. The number of aromatic nitrogens is 3. The van der Waals surface area contributed by atoms with Crippen LogP contribution < -0.4 is 15.1 Å². The van der Waals surface area contributed by atoms with E-state index in [0.29, 0.717) is 27.8 Å². The number of allylic oxidation sites excluding steroid dienone is 1. The third-order valence-electron chi connectivity index (χ3n) is 10.4. The van der Waals surface area contributed by atoms with Gasteiger partial charge in [-0.3, -0.25) is 9.59 Å². The number of halogens is 2. The van der Waals surface area contributed by atoms with Crippen molar-refractivity contribution in [2.24, 2.45) is 5.41 Å². The second kappa shape index (κ2) is 14.1. The molecule has 3 aliphatic heterocycles. The van der Waals surface area contributed by atoms with Crippen LogP contribution in [-0.4, -0.2) is 67.0 Å². The first-order valence-electron chi connectivity index (χ1n) is 17.5. The van der Waals surface area contributed by atoms with Gasteiger partial charge in [0.15, 0.2) is 11.6 Å². The number of rotatable bonds is 5. The first-order chi connectivity index (χ1) is 25.3. The number of thiophene rings is 1. The number of ether oxygens (including phenoxy) is 1. The molecule has 1 amide bonds. The van der Waals surface area contributed by atoms with E-state index in [1.54, 1.807) is 48.7 Å². The van der Waals surface area contributed by atoms with Crippen LogP contribution in [0.15, 0.2) is 66.9 Å². The Balaban J connectivity index is 0.000000149. The van der Waals surface area contributed by atoms with Gasteiger partial charge in [0.1, 0.15) is 17.9 Å². The molecule has 5 aromatic rings. The fourth-order valence-electron chi connectivity index (χ4n) is 7.42. The number of pyridine rings is 1. The standard InChI is InChI=1S/C20H17F2N3S.C20H21N3O3/c1-25-9-8-11-10-16(20-23-13-4-2-3-5-14(13)24-20)26-19(11)17-15(25)7-6-12(21)18(17)22;24-12-15-3-5-16(6-4-15)22-19(25)17-2-1-9-21-18(17)23-13-20(14-23)7-10-26-11-8-20/h2,4,6-7,10H,3,5,8-9H2,1H3,(H,23,24);1-6,9,12H,7-8,10-11,13-14H2,(H,22,25). The molecule has 1 aliphatic carbocycles. The Bertz CT molecular complexity index is 2160. The molecule has 9 rings (SSSR count). The second-order valence-electron chi connectivity index (χ2n) is 13.8. The van der Waals surface area contributed by atoms with Crippen LogP contribution in [-0.2, 0) is 17.6 Å². The number of hydrogen-bond acceptors (Lipinski definition) is 8. The van der Waals surface area contributed by atoms with Crippen LogP contribution in [0.1, 0.15) is 56.9 Å². The lowest BCUT2D eigenvalue weighted by atomic mass is 9.73. The van der Waals surface area contributed by atoms with E-state index in [-0.39, 0.29) is 5.91 Å². The number of anilines is 3. The number of H-pyrrole nitrogens is 1. The summed E-state index contributed by atoms with van der Waals surface area (Å²) in [5, 5.41) is 2.88. The quantitative estimate of drug-likeness (QED) is 0.179. The van der Waals surface area contributed by atoms with Crippen LogP contribution in [0.25, 0.3) is 27.2 Å². The largest absolute Gasteiger partial charge is 0.381 e. The Kier molecular flexibility index (Phi) is 9.18. The number of hydrogen-bond donors (Lipinski definition) is 2. The maximum absolute atomic E-state index is 14.7. The summed E-state index contributed by atoms with van der Waals surface area (Å²) in [6.07, 6.45) is 11.6. The van der Waals surface area contributed by atoms with E-state index in [0.717, 1.165) is 115 Å². The smallest absolute Gasteiger partial charge is 0.259 e. The van der Waals surface area contributed by atoms with Gasteiger partial charge in [-0.05, 0) is 98.3 Å². The van der Waals surface area contributed by atoms with Crippen molar-refractivity contribution in [3.63, 3.8) is 0 Å². The van der Waals surface area contributed by atoms with Gasteiger partial charge in [0.2, 0.25) is 0 Å². The van der Waals surface area contributed by atoms with Gasteiger partial charge in [-0.25, -0.2) is 18.7 Å². The lowest BCUT2D eigenvalue weighted by Crippen LogP contribution is -2.59. The Hall–Kier alpha value is -5.20. The van der Waals surface area contributed by atoms with Gasteiger partial charge in [0.25, 0.3) is 5.91 Å². The molecular weight excluding hydrogens is 683 g/mol. The van der Waals surface area contributed by atoms with Crippen LogP contribution in [0, 0.1) is 17.0 Å². The monoisotopic (exact) mass is 720 g/mol. The van der Waals surface area contributed by atoms with Crippen molar-refractivity contribution in [1.82, 2.24) is 15.0 Å². The van der Waals surface area contributed by atoms with E-state index in [1.165, 1.54) is 17.4 Å². The van der Waals surface area contributed by atoms with Crippen molar-refractivity contribution < 1.29 is 23.1 Å². The highest BCUT2D eigenvalue weighted by atomic mass is 32.1. The first-order valence-corrected chi connectivity index (χ1v) is 18.3. The summed E-state index contributed by atoms with van der Waals surface area (Å²) >= 11 is 1.48. The Morgan fingerprint density at radius 1 is 1.08 bits per heavy atom. The normalized spacial score (nSPS) is 16.8. The summed E-state index contributed by atoms with van der Waals surface area (Å²) in [4.78, 5) is 42.0. The van der Waals surface area contributed by atoms with Crippen LogP contribution in [0.4, 0.5) is 26.0 Å². The average molecular weight is 721 g/mol. The third kappa shape index (κ3) is 6.52. The van der Waals surface area contributed by atoms with E-state index < -0.39 is 11.6 Å². The lowest BCUT2D eigenvalue weighted by Gasteiger charge is -2.53. The highest BCUT2D eigenvalue weighted by Crippen LogP contribution is 2.46. The molecule has 2 fully saturated rings. The lowest BCUT2D eigenvalue weighted by molar-refractivity contribution is -0.000509. The molecule has 2 saturated heterocycles. The molecule has 3 aromatic heterocycles. The van der Waals surface area contributed by atoms with Crippen LogP contribution in [0.5, 0.6) is 0 Å². The number of fused-ring (bicyclic) bond motifs is 4. The number of carbonyl (C=O) groups is 2. The van der Waals surface area contributed by atoms with E-state index in [4.69, 9.17) is 4.74 Å². The number of carbonyl (C=O) groups excluding carboxylic acids is 2. The molecule has 0 atom stereocenters. The number of nitrogens with zero attached hydrogens (tertiary/aromatic N) is 4. The summed E-state index contributed by atoms with van der Waals surface area (Å²) in [6, 6.07) is 15.3. The number of nitrogens with one attached hydrogen (secondary N) is 2. The van der Waals surface area contributed by atoms with Gasteiger partial charge in [-0.2, -0.15) is 0 Å². The van der Waals surface area contributed by atoms with E-state index >= 15 is 0 Å². The zero-order valence-electron chi connectivity index (χ0n) is 28.8. The van der Waals surface area contributed by atoms with Crippen molar-refractivity contribution in [3.8, 4) is 21.1 Å². The fourth-order valence-corrected chi connectivity index (χ4v) is 8.62. The minimum Gasteiger partial charge on any atom is -0.381 e. The molecule has 0 unspecified atom stereocenters. The predicted molar refractivity (Wildman–Crippen MR) is 200 cm³/mol. The van der Waals surface area contributed by atoms with Crippen LogP contribution >= 0.6 is 11.3 Å². The number of aryl methyl sites for hydroxylation is 1. The van der Waals surface area contributed by atoms with Crippen molar-refractivity contribution in [2.45, 2.75) is 32.1 Å². The summed E-state index contributed by atoms with van der Waals surface area (Å²) in [6.45, 7) is 4.24. The average Bonchev–Trinajstić information content (AvgIpc) is 3.76. The van der Waals surface area contributed by atoms with Gasteiger partial charge in [-0.15, -0.1) is 11.3 Å². The number of likely N-dealkylation sites (N-methyl/N-ethyl adjacent to an activating group) is 1. The predicted octanol–water partition coefficient (Wildman–Crippen LogP) is 7.80. The zero-order valence-corrected chi connectivity index (χ0v) is 29.6. The van der Waals surface area contributed by atoms with Gasteiger partial charge < -0.3 is 24.8 Å². The minimum atomic E-state index is -0.807. The van der Waals surface area contributed by atoms with Gasteiger partial charge in [0.05, 0.1) is 21.7 Å². The van der Waals surface area contributed by atoms with E-state index in [2.05, 4.69) is 37.3 Å². The Morgan fingerprint density at radius 3 is 2.65 bits per heavy atom. The summed E-state index contributed by atoms with van der Waals surface area (Å²) in [5.74, 6) is -0.232. The Labute approximate surface area is 304 Å². The van der Waals surface area contributed by atoms with Gasteiger partial charge >= 0.3 is 0 Å². The number of imidazole rings is 1. The molecule has 12 heteroatoms. The SMILES string of the molecule is CN1CCc2cc(-c3nc4c([nH]3)CCC=C4)sc2-c2c1ccc(F)c2F.O=Cc1ccc(NC(=O)c2cccnc2N2CC3(CCOCC3)C2)cc1. The Morgan fingerprint density at radius 2 is 1.88 bits per heavy atom. The molecule has 2 aromatic carbocycles. The molecule has 6 heterocycles.